The van der Waals surface area contributed by atoms with Gasteiger partial charge in [-0.1, -0.05) is 13.8 Å². The van der Waals surface area contributed by atoms with E-state index in [0.29, 0.717) is 5.92 Å². The second-order valence-corrected chi connectivity index (χ2v) is 7.45. The van der Waals surface area contributed by atoms with Crippen molar-refractivity contribution in [3.05, 3.63) is 0 Å². The molecule has 0 aromatic heterocycles. The highest BCUT2D eigenvalue weighted by Crippen LogP contribution is 2.46. The molecule has 110 valence electrons. The monoisotopic (exact) mass is 267 g/mol. The average molecular weight is 267 g/mol. The van der Waals surface area contributed by atoms with Crippen LogP contribution in [0.2, 0.25) is 0 Å². The second kappa shape index (κ2) is 5.01. The Morgan fingerprint density at radius 3 is 2.53 bits per heavy atom. The standard InChI is InChI=1S/C16H29NO2/c1-12-3-5-16(17,9-13(12)2)14-4-7-19-15(10-14)6-8-18-11-15/h12-14H,3-11,17H2,1-2H3. The van der Waals surface area contributed by atoms with Gasteiger partial charge in [0.05, 0.1) is 12.2 Å². The molecule has 0 aromatic carbocycles. The number of ether oxygens (including phenoxy) is 2. The quantitative estimate of drug-likeness (QED) is 0.794. The minimum atomic E-state index is 0.00158. The first-order chi connectivity index (χ1) is 9.03. The fourth-order valence-corrected chi connectivity index (χ4v) is 4.44. The van der Waals surface area contributed by atoms with Gasteiger partial charge < -0.3 is 15.2 Å². The molecular weight excluding hydrogens is 238 g/mol. The van der Waals surface area contributed by atoms with E-state index < -0.39 is 0 Å². The van der Waals surface area contributed by atoms with Crippen molar-refractivity contribution in [2.75, 3.05) is 19.8 Å². The molecule has 3 heteroatoms. The molecular formula is C16H29NO2. The van der Waals surface area contributed by atoms with E-state index in [1.165, 1.54) is 19.3 Å². The molecule has 3 aliphatic rings. The van der Waals surface area contributed by atoms with Crippen LogP contribution in [-0.4, -0.2) is 31.0 Å². The van der Waals surface area contributed by atoms with Gasteiger partial charge in [-0.2, -0.15) is 0 Å². The van der Waals surface area contributed by atoms with Gasteiger partial charge in [0, 0.05) is 25.2 Å². The summed E-state index contributed by atoms with van der Waals surface area (Å²) in [7, 11) is 0. The summed E-state index contributed by atoms with van der Waals surface area (Å²) in [5.41, 5.74) is 6.89. The fraction of sp³-hybridized carbons (Fsp3) is 1.00. The minimum Gasteiger partial charge on any atom is -0.378 e. The van der Waals surface area contributed by atoms with E-state index in [9.17, 15) is 0 Å². The van der Waals surface area contributed by atoms with E-state index >= 15 is 0 Å². The molecule has 3 nitrogen and oxygen atoms in total. The number of nitrogens with two attached hydrogens (primary N) is 1. The van der Waals surface area contributed by atoms with E-state index in [2.05, 4.69) is 13.8 Å². The summed E-state index contributed by atoms with van der Waals surface area (Å²) >= 11 is 0. The van der Waals surface area contributed by atoms with Crippen LogP contribution >= 0.6 is 0 Å². The molecule has 2 aliphatic heterocycles. The SMILES string of the molecule is CC1CCC(N)(C2CCOC3(CCOC3)C2)CC1C. The highest BCUT2D eigenvalue weighted by Gasteiger charge is 2.48. The van der Waals surface area contributed by atoms with Crippen LogP contribution in [0.1, 0.15) is 52.4 Å². The molecule has 0 amide bonds. The van der Waals surface area contributed by atoms with Crippen molar-refractivity contribution in [2.24, 2.45) is 23.5 Å². The maximum Gasteiger partial charge on any atom is 0.0940 e. The summed E-state index contributed by atoms with van der Waals surface area (Å²) in [5, 5.41) is 0. The molecule has 3 rings (SSSR count). The zero-order valence-electron chi connectivity index (χ0n) is 12.5. The lowest BCUT2D eigenvalue weighted by Crippen LogP contribution is -2.56. The first kappa shape index (κ1) is 13.8. The second-order valence-electron chi connectivity index (χ2n) is 7.45. The molecule has 3 fully saturated rings. The van der Waals surface area contributed by atoms with Crippen LogP contribution in [0.25, 0.3) is 0 Å². The predicted molar refractivity (Wildman–Crippen MR) is 75.9 cm³/mol. The highest BCUT2D eigenvalue weighted by molar-refractivity contribution is 5.02. The molecule has 2 heterocycles. The smallest absolute Gasteiger partial charge is 0.0940 e. The maximum absolute atomic E-state index is 6.84. The summed E-state index contributed by atoms with van der Waals surface area (Å²) in [4.78, 5) is 0. The first-order valence-corrected chi connectivity index (χ1v) is 8.04. The normalized spacial score (nSPS) is 51.6. The zero-order valence-corrected chi connectivity index (χ0v) is 12.5. The van der Waals surface area contributed by atoms with Crippen LogP contribution in [-0.2, 0) is 9.47 Å². The van der Waals surface area contributed by atoms with E-state index in [1.807, 2.05) is 0 Å². The van der Waals surface area contributed by atoms with Crippen molar-refractivity contribution in [1.82, 2.24) is 0 Å². The number of rotatable bonds is 1. The largest absolute Gasteiger partial charge is 0.378 e. The minimum absolute atomic E-state index is 0.00158. The van der Waals surface area contributed by atoms with Crippen LogP contribution in [0.4, 0.5) is 0 Å². The zero-order chi connectivity index (χ0) is 13.5. The van der Waals surface area contributed by atoms with E-state index in [-0.39, 0.29) is 11.1 Å². The van der Waals surface area contributed by atoms with Crippen LogP contribution in [0.5, 0.6) is 0 Å². The molecule has 1 saturated carbocycles. The summed E-state index contributed by atoms with van der Waals surface area (Å²) in [6.45, 7) is 7.26. The Kier molecular flexibility index (Phi) is 3.65. The van der Waals surface area contributed by atoms with E-state index in [1.54, 1.807) is 0 Å². The number of hydrogen-bond donors (Lipinski definition) is 1. The maximum atomic E-state index is 6.84. The van der Waals surface area contributed by atoms with Crippen LogP contribution in [0.15, 0.2) is 0 Å². The lowest BCUT2D eigenvalue weighted by atomic mass is 9.63. The van der Waals surface area contributed by atoms with Crippen LogP contribution < -0.4 is 5.73 Å². The van der Waals surface area contributed by atoms with Gasteiger partial charge >= 0.3 is 0 Å². The molecule has 5 unspecified atom stereocenters. The molecule has 5 atom stereocenters. The summed E-state index contributed by atoms with van der Waals surface area (Å²) in [6.07, 6.45) is 6.99. The predicted octanol–water partition coefficient (Wildman–Crippen LogP) is 2.73. The van der Waals surface area contributed by atoms with Crippen molar-refractivity contribution in [2.45, 2.75) is 63.5 Å². The Morgan fingerprint density at radius 1 is 1.00 bits per heavy atom. The third-order valence-corrected chi connectivity index (χ3v) is 6.11. The van der Waals surface area contributed by atoms with Gasteiger partial charge in [0.1, 0.15) is 0 Å². The van der Waals surface area contributed by atoms with Crippen molar-refractivity contribution in [1.29, 1.82) is 0 Å². The topological polar surface area (TPSA) is 44.5 Å². The van der Waals surface area contributed by atoms with E-state index in [4.69, 9.17) is 15.2 Å². The molecule has 0 radical (unpaired) electrons. The molecule has 2 saturated heterocycles. The Morgan fingerprint density at radius 2 is 1.84 bits per heavy atom. The third-order valence-electron chi connectivity index (χ3n) is 6.11. The van der Waals surface area contributed by atoms with Gasteiger partial charge in [-0.15, -0.1) is 0 Å². The molecule has 19 heavy (non-hydrogen) atoms. The van der Waals surface area contributed by atoms with E-state index in [0.717, 1.165) is 50.9 Å². The Balaban J connectivity index is 1.70. The Bertz CT molecular complexity index is 327. The van der Waals surface area contributed by atoms with Gasteiger partial charge in [-0.3, -0.25) is 0 Å². The van der Waals surface area contributed by atoms with Crippen molar-refractivity contribution < 1.29 is 9.47 Å². The van der Waals surface area contributed by atoms with Crippen LogP contribution in [0, 0.1) is 17.8 Å². The van der Waals surface area contributed by atoms with Crippen molar-refractivity contribution >= 4 is 0 Å². The molecule has 2 N–H and O–H groups in total. The van der Waals surface area contributed by atoms with Crippen molar-refractivity contribution in [3.8, 4) is 0 Å². The molecule has 0 aromatic rings. The summed E-state index contributed by atoms with van der Waals surface area (Å²) in [6, 6.07) is 0. The lowest BCUT2D eigenvalue weighted by molar-refractivity contribution is -0.114. The first-order valence-electron chi connectivity index (χ1n) is 8.04. The van der Waals surface area contributed by atoms with Gasteiger partial charge in [-0.25, -0.2) is 0 Å². The fourth-order valence-electron chi connectivity index (χ4n) is 4.44. The van der Waals surface area contributed by atoms with Gasteiger partial charge in [0.15, 0.2) is 0 Å². The lowest BCUT2D eigenvalue weighted by Gasteiger charge is -2.49. The molecule has 0 bridgehead atoms. The van der Waals surface area contributed by atoms with Crippen LogP contribution in [0.3, 0.4) is 0 Å². The highest BCUT2D eigenvalue weighted by atomic mass is 16.6. The van der Waals surface area contributed by atoms with Gasteiger partial charge in [0.25, 0.3) is 0 Å². The van der Waals surface area contributed by atoms with Gasteiger partial charge in [-0.05, 0) is 49.9 Å². The summed E-state index contributed by atoms with van der Waals surface area (Å²) < 4.78 is 11.6. The summed E-state index contributed by atoms with van der Waals surface area (Å²) in [5.74, 6) is 2.22. The van der Waals surface area contributed by atoms with Crippen molar-refractivity contribution in [3.63, 3.8) is 0 Å². The Labute approximate surface area is 117 Å². The van der Waals surface area contributed by atoms with Gasteiger partial charge in [0.2, 0.25) is 0 Å². The third kappa shape index (κ3) is 2.57. The molecule has 1 spiro atoms. The molecule has 1 aliphatic carbocycles. The number of hydrogen-bond acceptors (Lipinski definition) is 3. The Hall–Kier alpha value is -0.120. The average Bonchev–Trinajstić information content (AvgIpc) is 2.83.